The van der Waals surface area contributed by atoms with E-state index in [4.69, 9.17) is 0 Å². The van der Waals surface area contributed by atoms with E-state index in [0.29, 0.717) is 52.1 Å². The third kappa shape index (κ3) is 8.63. The fraction of sp³-hybridized carbons (Fsp3) is 0.574. The Morgan fingerprint density at radius 3 is 0.939 bits per heavy atom. The van der Waals surface area contributed by atoms with Gasteiger partial charge in [0, 0.05) is 9.13 Å². The average molecular weight is 789 g/mol. The van der Waals surface area contributed by atoms with Crippen LogP contribution in [0, 0.1) is 15.0 Å². The summed E-state index contributed by atoms with van der Waals surface area (Å²) in [5.41, 5.74) is 21.3. The normalized spacial score (nSPS) is 12.7. The highest BCUT2D eigenvalue weighted by Gasteiger charge is 2.41. The van der Waals surface area contributed by atoms with Gasteiger partial charge in [0.15, 0.2) is 0 Å². The molecule has 0 bridgehead atoms. The number of hydrogen-bond acceptors (Lipinski definition) is 0. The van der Waals surface area contributed by atoms with Gasteiger partial charge in [0.05, 0.1) is 0 Å². The molecule has 3 aromatic carbocycles. The van der Waals surface area contributed by atoms with Crippen LogP contribution in [0.3, 0.4) is 0 Å². The Hall–Kier alpha value is -1.83. The molecule has 0 N–H and O–H groups in total. The van der Waals surface area contributed by atoms with Gasteiger partial charge in [-0.15, -0.1) is 5.54 Å². The van der Waals surface area contributed by atoms with Crippen molar-refractivity contribution < 1.29 is 0 Å². The highest BCUT2D eigenvalue weighted by atomic mass is 127. The van der Waals surface area contributed by atoms with E-state index in [2.05, 4.69) is 195 Å². The fourth-order valence-corrected chi connectivity index (χ4v) is 14.3. The SMILES string of the molecule is CC(C)c1cc(C(C)C)c(-c2cc(C#C[Si](C(C)C)(C(C)C)C(C)C)cc(-c3c(C(C)C)cc(C(C)C)cc3C(C)C)c2I)c(C(C)C)c1. The lowest BCUT2D eigenvalue weighted by atomic mass is 9.79. The number of benzene rings is 3. The maximum absolute atomic E-state index is 4.11. The number of hydrogen-bond donors (Lipinski definition) is 0. The van der Waals surface area contributed by atoms with Crippen LogP contribution in [0.1, 0.15) is 199 Å². The molecule has 49 heavy (non-hydrogen) atoms. The zero-order chi connectivity index (χ0) is 37.3. The molecule has 2 heteroatoms. The summed E-state index contributed by atoms with van der Waals surface area (Å²) in [6.45, 7) is 42.8. The minimum Gasteiger partial charge on any atom is -0.125 e. The lowest BCUT2D eigenvalue weighted by Gasteiger charge is -2.38. The Kier molecular flexibility index (Phi) is 14.1. The summed E-state index contributed by atoms with van der Waals surface area (Å²) in [6, 6.07) is 15.0. The minimum absolute atomic E-state index is 0.408. The maximum Gasteiger partial charge on any atom is 0.146 e. The van der Waals surface area contributed by atoms with Crippen molar-refractivity contribution in [3.05, 3.63) is 78.9 Å². The largest absolute Gasteiger partial charge is 0.146 e. The molecule has 0 heterocycles. The van der Waals surface area contributed by atoms with Crippen molar-refractivity contribution in [2.45, 2.75) is 177 Å². The van der Waals surface area contributed by atoms with Crippen LogP contribution in [0.4, 0.5) is 0 Å². The first kappa shape index (κ1) is 41.6. The van der Waals surface area contributed by atoms with E-state index in [1.807, 2.05) is 0 Å². The van der Waals surface area contributed by atoms with E-state index < -0.39 is 8.07 Å². The van der Waals surface area contributed by atoms with E-state index in [0.717, 1.165) is 0 Å². The molecule has 0 saturated heterocycles. The van der Waals surface area contributed by atoms with Gasteiger partial charge in [0.1, 0.15) is 8.07 Å². The molecule has 268 valence electrons. The first-order chi connectivity index (χ1) is 22.7. The standard InChI is InChI=1S/C47H69ISi/c1-27(2)37-23-39(29(5)6)45(40(24-37)30(7)8)43-21-36(19-20-49(33(13)14,34(15)16)35(17)18)22-44(47(43)48)46-41(31(9)10)25-38(28(3)4)26-42(46)32(11)12/h21-35H,1-18H3. The molecule has 0 aliphatic heterocycles. The van der Waals surface area contributed by atoms with Gasteiger partial charge >= 0.3 is 0 Å². The van der Waals surface area contributed by atoms with Crippen LogP contribution in [0.25, 0.3) is 22.3 Å². The van der Waals surface area contributed by atoms with Crippen LogP contribution < -0.4 is 0 Å². The van der Waals surface area contributed by atoms with Gasteiger partial charge in [-0.3, -0.25) is 0 Å². The average Bonchev–Trinajstić information content (AvgIpc) is 2.99. The van der Waals surface area contributed by atoms with Crippen molar-refractivity contribution in [3.8, 4) is 33.7 Å². The third-order valence-electron chi connectivity index (χ3n) is 11.2. The molecule has 0 nitrogen and oxygen atoms in total. The van der Waals surface area contributed by atoms with Gasteiger partial charge in [0.2, 0.25) is 0 Å². The van der Waals surface area contributed by atoms with E-state index in [1.165, 1.54) is 64.8 Å². The molecule has 0 spiro atoms. The zero-order valence-electron chi connectivity index (χ0n) is 34.5. The Balaban J connectivity index is 2.69. The van der Waals surface area contributed by atoms with Gasteiger partial charge in [0.25, 0.3) is 0 Å². The quantitative estimate of drug-likeness (QED) is 0.103. The molecule has 0 aromatic heterocycles. The molecule has 0 radical (unpaired) electrons. The smallest absolute Gasteiger partial charge is 0.125 e. The second kappa shape index (κ2) is 16.7. The Bertz CT molecular complexity index is 1490. The van der Waals surface area contributed by atoms with Crippen molar-refractivity contribution in [1.82, 2.24) is 0 Å². The topological polar surface area (TPSA) is 0 Å². The second-order valence-corrected chi connectivity index (χ2v) is 24.3. The molecule has 3 rings (SSSR count). The molecule has 0 aliphatic carbocycles. The van der Waals surface area contributed by atoms with E-state index >= 15 is 0 Å². The molecule has 3 aromatic rings. The van der Waals surface area contributed by atoms with Crippen molar-refractivity contribution >= 4 is 30.7 Å². The minimum atomic E-state index is -1.94. The van der Waals surface area contributed by atoms with Gasteiger partial charge in [-0.2, -0.15) is 0 Å². The molecule has 0 aliphatic rings. The van der Waals surface area contributed by atoms with Crippen LogP contribution in [0.5, 0.6) is 0 Å². The van der Waals surface area contributed by atoms with E-state index in [9.17, 15) is 0 Å². The van der Waals surface area contributed by atoms with Crippen LogP contribution >= 0.6 is 22.6 Å². The second-order valence-electron chi connectivity index (χ2n) is 17.6. The summed E-state index contributed by atoms with van der Waals surface area (Å²) in [4.78, 5) is 0. The van der Waals surface area contributed by atoms with Crippen LogP contribution in [-0.2, 0) is 0 Å². The monoisotopic (exact) mass is 788 g/mol. The molecule has 0 amide bonds. The van der Waals surface area contributed by atoms with Gasteiger partial charge < -0.3 is 0 Å². The Morgan fingerprint density at radius 2 is 0.714 bits per heavy atom. The van der Waals surface area contributed by atoms with E-state index in [-0.39, 0.29) is 0 Å². The highest BCUT2D eigenvalue weighted by Crippen LogP contribution is 2.47. The summed E-state index contributed by atoms with van der Waals surface area (Å²) in [5, 5.41) is 0. The van der Waals surface area contributed by atoms with Crippen LogP contribution in [0.2, 0.25) is 16.6 Å². The lowest BCUT2D eigenvalue weighted by molar-refractivity contribution is 0.806. The number of halogens is 1. The molecule has 0 fully saturated rings. The predicted molar refractivity (Wildman–Crippen MR) is 232 cm³/mol. The Labute approximate surface area is 318 Å². The molecule has 0 atom stereocenters. The van der Waals surface area contributed by atoms with Crippen LogP contribution in [0.15, 0.2) is 36.4 Å². The zero-order valence-corrected chi connectivity index (χ0v) is 37.7. The molecule has 0 saturated carbocycles. The van der Waals surface area contributed by atoms with Gasteiger partial charge in [-0.1, -0.05) is 155 Å². The predicted octanol–water partition coefficient (Wildman–Crippen LogP) is 15.9. The van der Waals surface area contributed by atoms with Gasteiger partial charge in [-0.05, 0) is 142 Å². The summed E-state index contributed by atoms with van der Waals surface area (Å²) in [7, 11) is -1.94. The van der Waals surface area contributed by atoms with E-state index in [1.54, 1.807) is 0 Å². The first-order valence-electron chi connectivity index (χ1n) is 19.4. The summed E-state index contributed by atoms with van der Waals surface area (Å²) in [5.74, 6) is 6.54. The summed E-state index contributed by atoms with van der Waals surface area (Å²) >= 11 is 2.71. The first-order valence-corrected chi connectivity index (χ1v) is 22.7. The third-order valence-corrected chi connectivity index (χ3v) is 18.6. The molecular weight excluding hydrogens is 720 g/mol. The number of rotatable bonds is 11. The van der Waals surface area contributed by atoms with Crippen molar-refractivity contribution in [3.63, 3.8) is 0 Å². The van der Waals surface area contributed by atoms with Crippen molar-refractivity contribution in [2.75, 3.05) is 0 Å². The molecular formula is C47H69ISi. The summed E-state index contributed by atoms with van der Waals surface area (Å²) < 4.78 is 1.35. The van der Waals surface area contributed by atoms with Gasteiger partial charge in [-0.25, -0.2) is 0 Å². The van der Waals surface area contributed by atoms with Crippen molar-refractivity contribution in [2.24, 2.45) is 0 Å². The maximum atomic E-state index is 4.11. The fourth-order valence-electron chi connectivity index (χ4n) is 8.21. The summed E-state index contributed by atoms with van der Waals surface area (Å²) in [6.07, 6.45) is 0. The Morgan fingerprint density at radius 1 is 0.429 bits per heavy atom. The highest BCUT2D eigenvalue weighted by molar-refractivity contribution is 14.1. The lowest BCUT2D eigenvalue weighted by Crippen LogP contribution is -2.43. The molecule has 0 unspecified atom stereocenters. The van der Waals surface area contributed by atoms with Crippen LogP contribution in [-0.4, -0.2) is 8.07 Å². The van der Waals surface area contributed by atoms with Crippen molar-refractivity contribution in [1.29, 1.82) is 0 Å².